The maximum atomic E-state index is 12.1. The molecule has 0 aliphatic heterocycles. The fraction of sp³-hybridized carbons (Fsp3) is 0.636. The SMILES string of the molecule is Cc1nn(C)c(C(=O)N(C)CCOCCO)c1N. The van der Waals surface area contributed by atoms with Crippen LogP contribution in [-0.2, 0) is 11.8 Å². The number of nitrogens with zero attached hydrogens (tertiary/aromatic N) is 3. The smallest absolute Gasteiger partial charge is 0.274 e. The van der Waals surface area contributed by atoms with Crippen molar-refractivity contribution in [3.05, 3.63) is 11.4 Å². The number of hydrogen-bond donors (Lipinski definition) is 2. The minimum atomic E-state index is -0.191. The van der Waals surface area contributed by atoms with Gasteiger partial charge in [0.2, 0.25) is 0 Å². The lowest BCUT2D eigenvalue weighted by Crippen LogP contribution is -2.32. The predicted molar refractivity (Wildman–Crippen MR) is 67.2 cm³/mol. The normalized spacial score (nSPS) is 10.7. The summed E-state index contributed by atoms with van der Waals surface area (Å²) in [6.45, 7) is 2.82. The van der Waals surface area contributed by atoms with E-state index in [1.165, 1.54) is 9.58 Å². The second kappa shape index (κ2) is 6.36. The summed E-state index contributed by atoms with van der Waals surface area (Å²) in [4.78, 5) is 13.7. The summed E-state index contributed by atoms with van der Waals surface area (Å²) in [5.74, 6) is -0.191. The molecule has 7 heteroatoms. The Balaban J connectivity index is 2.63. The number of carbonyl (C=O) groups excluding carboxylic acids is 1. The molecule has 18 heavy (non-hydrogen) atoms. The summed E-state index contributed by atoms with van der Waals surface area (Å²) in [5.41, 5.74) is 7.26. The zero-order chi connectivity index (χ0) is 13.7. The van der Waals surface area contributed by atoms with Crippen molar-refractivity contribution >= 4 is 11.6 Å². The minimum Gasteiger partial charge on any atom is -0.395 e. The number of nitrogens with two attached hydrogens (primary N) is 1. The molecule has 0 fully saturated rings. The van der Waals surface area contributed by atoms with E-state index in [-0.39, 0.29) is 19.1 Å². The van der Waals surface area contributed by atoms with Crippen LogP contribution >= 0.6 is 0 Å². The number of anilines is 1. The largest absolute Gasteiger partial charge is 0.395 e. The molecule has 0 unspecified atom stereocenters. The van der Waals surface area contributed by atoms with E-state index in [2.05, 4.69) is 5.10 Å². The van der Waals surface area contributed by atoms with Crippen LogP contribution in [0.3, 0.4) is 0 Å². The van der Waals surface area contributed by atoms with E-state index in [4.69, 9.17) is 15.6 Å². The Hall–Kier alpha value is -1.60. The molecule has 0 aliphatic rings. The molecule has 1 rings (SSSR count). The fourth-order valence-corrected chi connectivity index (χ4v) is 1.58. The van der Waals surface area contributed by atoms with Gasteiger partial charge in [0.15, 0.2) is 0 Å². The van der Waals surface area contributed by atoms with E-state index in [9.17, 15) is 4.79 Å². The fourth-order valence-electron chi connectivity index (χ4n) is 1.58. The predicted octanol–water partition coefficient (Wildman–Crippen LogP) is -0.608. The van der Waals surface area contributed by atoms with Gasteiger partial charge in [-0.1, -0.05) is 0 Å². The highest BCUT2D eigenvalue weighted by molar-refractivity contribution is 5.97. The van der Waals surface area contributed by atoms with Gasteiger partial charge in [-0.15, -0.1) is 0 Å². The van der Waals surface area contributed by atoms with E-state index < -0.39 is 0 Å². The van der Waals surface area contributed by atoms with Gasteiger partial charge in [-0.2, -0.15) is 5.10 Å². The lowest BCUT2D eigenvalue weighted by Gasteiger charge is -2.17. The van der Waals surface area contributed by atoms with Crippen molar-refractivity contribution < 1.29 is 14.6 Å². The van der Waals surface area contributed by atoms with Gasteiger partial charge in [0.1, 0.15) is 5.69 Å². The van der Waals surface area contributed by atoms with E-state index in [0.717, 1.165) is 0 Å². The average molecular weight is 256 g/mol. The van der Waals surface area contributed by atoms with Crippen LogP contribution in [-0.4, -0.2) is 59.1 Å². The van der Waals surface area contributed by atoms with Crippen LogP contribution in [0.2, 0.25) is 0 Å². The summed E-state index contributed by atoms with van der Waals surface area (Å²) >= 11 is 0. The minimum absolute atomic E-state index is 0.0223. The number of aliphatic hydroxyl groups is 1. The molecule has 0 saturated heterocycles. The van der Waals surface area contributed by atoms with Crippen molar-refractivity contribution in [3.8, 4) is 0 Å². The number of aromatic nitrogens is 2. The Morgan fingerprint density at radius 3 is 2.72 bits per heavy atom. The Bertz CT molecular complexity index is 417. The monoisotopic (exact) mass is 256 g/mol. The molecule has 0 saturated carbocycles. The average Bonchev–Trinajstić information content (AvgIpc) is 2.58. The number of carbonyl (C=O) groups is 1. The summed E-state index contributed by atoms with van der Waals surface area (Å²) in [5, 5.41) is 12.7. The first-order chi connectivity index (χ1) is 8.49. The maximum absolute atomic E-state index is 12.1. The molecule has 0 spiro atoms. The third-order valence-electron chi connectivity index (χ3n) is 2.62. The Morgan fingerprint density at radius 2 is 2.22 bits per heavy atom. The van der Waals surface area contributed by atoms with Crippen LogP contribution < -0.4 is 5.73 Å². The highest BCUT2D eigenvalue weighted by atomic mass is 16.5. The van der Waals surface area contributed by atoms with E-state index in [1.807, 2.05) is 0 Å². The molecule has 1 amide bonds. The number of aryl methyl sites for hydroxylation is 2. The van der Waals surface area contributed by atoms with Crippen LogP contribution in [0.4, 0.5) is 5.69 Å². The molecule has 7 nitrogen and oxygen atoms in total. The highest BCUT2D eigenvalue weighted by Crippen LogP contribution is 2.16. The van der Waals surface area contributed by atoms with E-state index >= 15 is 0 Å². The van der Waals surface area contributed by atoms with Crippen LogP contribution in [0.15, 0.2) is 0 Å². The van der Waals surface area contributed by atoms with E-state index in [0.29, 0.717) is 30.2 Å². The van der Waals surface area contributed by atoms with Crippen LogP contribution in [0.1, 0.15) is 16.2 Å². The Labute approximate surface area is 106 Å². The van der Waals surface area contributed by atoms with Crippen molar-refractivity contribution in [2.45, 2.75) is 6.92 Å². The summed E-state index contributed by atoms with van der Waals surface area (Å²) in [6, 6.07) is 0. The Morgan fingerprint density at radius 1 is 1.56 bits per heavy atom. The summed E-state index contributed by atoms with van der Waals surface area (Å²) in [6.07, 6.45) is 0. The second-order valence-electron chi connectivity index (χ2n) is 4.03. The number of rotatable bonds is 6. The molecule has 0 aromatic carbocycles. The molecule has 3 N–H and O–H groups in total. The lowest BCUT2D eigenvalue weighted by atomic mass is 10.3. The Kier molecular flexibility index (Phi) is 5.11. The molecule has 0 aliphatic carbocycles. The van der Waals surface area contributed by atoms with Gasteiger partial charge in [0, 0.05) is 20.6 Å². The van der Waals surface area contributed by atoms with Crippen molar-refractivity contribution in [2.24, 2.45) is 7.05 Å². The molecule has 0 bridgehead atoms. The van der Waals surface area contributed by atoms with E-state index in [1.54, 1.807) is 21.0 Å². The van der Waals surface area contributed by atoms with Crippen molar-refractivity contribution in [1.29, 1.82) is 0 Å². The zero-order valence-corrected chi connectivity index (χ0v) is 11.0. The standard InChI is InChI=1S/C11H20N4O3/c1-8-9(12)10(15(3)13-8)11(17)14(2)4-6-18-7-5-16/h16H,4-7,12H2,1-3H3. The first kappa shape index (κ1) is 14.5. The molecule has 0 radical (unpaired) electrons. The zero-order valence-electron chi connectivity index (χ0n) is 11.0. The van der Waals surface area contributed by atoms with Gasteiger partial charge >= 0.3 is 0 Å². The van der Waals surface area contributed by atoms with Gasteiger partial charge in [-0.3, -0.25) is 9.48 Å². The van der Waals surface area contributed by atoms with Crippen molar-refractivity contribution in [1.82, 2.24) is 14.7 Å². The number of aliphatic hydroxyl groups excluding tert-OH is 1. The number of hydrogen-bond acceptors (Lipinski definition) is 5. The molecule has 102 valence electrons. The molecular weight excluding hydrogens is 236 g/mol. The third kappa shape index (κ3) is 3.21. The van der Waals surface area contributed by atoms with Crippen LogP contribution in [0.25, 0.3) is 0 Å². The van der Waals surface area contributed by atoms with Gasteiger partial charge in [0.05, 0.1) is 31.2 Å². The number of ether oxygens (including phenoxy) is 1. The van der Waals surface area contributed by atoms with Crippen molar-refractivity contribution in [2.75, 3.05) is 39.1 Å². The lowest BCUT2D eigenvalue weighted by molar-refractivity contribution is 0.0612. The molecule has 1 aromatic heterocycles. The van der Waals surface area contributed by atoms with Crippen LogP contribution in [0, 0.1) is 6.92 Å². The van der Waals surface area contributed by atoms with Gasteiger partial charge < -0.3 is 20.5 Å². The molecule has 0 atom stereocenters. The molecular formula is C11H20N4O3. The molecule has 1 aromatic rings. The quantitative estimate of drug-likeness (QED) is 0.662. The maximum Gasteiger partial charge on any atom is 0.274 e. The first-order valence-electron chi connectivity index (χ1n) is 5.72. The second-order valence-corrected chi connectivity index (χ2v) is 4.03. The van der Waals surface area contributed by atoms with Gasteiger partial charge in [-0.25, -0.2) is 0 Å². The first-order valence-corrected chi connectivity index (χ1v) is 5.72. The van der Waals surface area contributed by atoms with Crippen LogP contribution in [0.5, 0.6) is 0 Å². The number of likely N-dealkylation sites (N-methyl/N-ethyl adjacent to an activating group) is 1. The summed E-state index contributed by atoms with van der Waals surface area (Å²) in [7, 11) is 3.36. The topological polar surface area (TPSA) is 93.6 Å². The van der Waals surface area contributed by atoms with Gasteiger partial charge in [-0.05, 0) is 6.92 Å². The molecule has 1 heterocycles. The number of nitrogen functional groups attached to an aromatic ring is 1. The highest BCUT2D eigenvalue weighted by Gasteiger charge is 2.20. The van der Waals surface area contributed by atoms with Gasteiger partial charge in [0.25, 0.3) is 5.91 Å². The third-order valence-corrected chi connectivity index (χ3v) is 2.62. The summed E-state index contributed by atoms with van der Waals surface area (Å²) < 4.78 is 6.59. The van der Waals surface area contributed by atoms with Crippen molar-refractivity contribution in [3.63, 3.8) is 0 Å². The number of amides is 1.